The molecule has 96 valence electrons. The van der Waals surface area contributed by atoms with Gasteiger partial charge in [0.05, 0.1) is 10.8 Å². The smallest absolute Gasteiger partial charge is 0.236 e. The van der Waals surface area contributed by atoms with Crippen LogP contribution in [0.5, 0.6) is 0 Å². The van der Waals surface area contributed by atoms with Crippen molar-refractivity contribution in [3.8, 4) is 0 Å². The molecule has 1 aromatic carbocycles. The van der Waals surface area contributed by atoms with Crippen LogP contribution in [0, 0.1) is 0 Å². The first-order valence-corrected chi connectivity index (χ1v) is 6.31. The number of nitrogens with zero attached hydrogens (tertiary/aromatic N) is 1. The molecule has 1 heterocycles. The molecular weight excluding hydrogens is 250 g/mol. The second-order valence-electron chi connectivity index (χ2n) is 5.20. The van der Waals surface area contributed by atoms with E-state index in [1.165, 1.54) is 0 Å². The molecule has 1 unspecified atom stereocenters. The number of rotatable bonds is 2. The number of alkyl halides is 1. The van der Waals surface area contributed by atoms with E-state index in [0.29, 0.717) is 5.56 Å². The van der Waals surface area contributed by atoms with Gasteiger partial charge in [-0.1, -0.05) is 0 Å². The van der Waals surface area contributed by atoms with Crippen molar-refractivity contribution in [2.24, 2.45) is 0 Å². The van der Waals surface area contributed by atoms with E-state index < -0.39 is 10.8 Å². The van der Waals surface area contributed by atoms with Gasteiger partial charge in [-0.3, -0.25) is 9.59 Å². The van der Waals surface area contributed by atoms with E-state index >= 15 is 0 Å². The molecule has 1 atom stereocenters. The molecule has 1 amide bonds. The second kappa shape index (κ2) is 4.09. The van der Waals surface area contributed by atoms with Crippen molar-refractivity contribution in [1.82, 2.24) is 0 Å². The van der Waals surface area contributed by atoms with Crippen molar-refractivity contribution >= 4 is 29.0 Å². The highest BCUT2D eigenvalue weighted by molar-refractivity contribution is 6.33. The summed E-state index contributed by atoms with van der Waals surface area (Å²) < 4.78 is 0. The molecule has 0 fully saturated rings. The van der Waals surface area contributed by atoms with Crippen LogP contribution in [0.15, 0.2) is 18.2 Å². The van der Waals surface area contributed by atoms with Crippen LogP contribution in [0.1, 0.15) is 36.7 Å². The van der Waals surface area contributed by atoms with Crippen molar-refractivity contribution < 1.29 is 9.59 Å². The molecule has 0 aliphatic carbocycles. The van der Waals surface area contributed by atoms with E-state index in [4.69, 9.17) is 11.6 Å². The van der Waals surface area contributed by atoms with E-state index in [2.05, 4.69) is 0 Å². The van der Waals surface area contributed by atoms with Gasteiger partial charge < -0.3 is 4.90 Å². The van der Waals surface area contributed by atoms with Crippen LogP contribution < -0.4 is 4.90 Å². The maximum absolute atomic E-state index is 12.1. The minimum Gasteiger partial charge on any atom is -0.314 e. The Labute approximate surface area is 112 Å². The predicted molar refractivity (Wildman–Crippen MR) is 72.5 cm³/mol. The van der Waals surface area contributed by atoms with Gasteiger partial charge in [0.25, 0.3) is 0 Å². The number of carbonyl (C=O) groups excluding carboxylic acids is 2. The molecule has 0 aromatic heterocycles. The van der Waals surface area contributed by atoms with Gasteiger partial charge in [0.2, 0.25) is 5.91 Å². The molecule has 0 saturated carbocycles. The Balaban J connectivity index is 2.55. The summed E-state index contributed by atoms with van der Waals surface area (Å²) in [6, 6.07) is 5.33. The van der Waals surface area contributed by atoms with Gasteiger partial charge in [0.15, 0.2) is 5.78 Å². The number of likely N-dealkylation sites (N-methyl/N-ethyl adjacent to an activating group) is 1. The minimum atomic E-state index is -0.587. The maximum Gasteiger partial charge on any atom is 0.236 e. The van der Waals surface area contributed by atoms with Crippen molar-refractivity contribution in [3.63, 3.8) is 0 Å². The summed E-state index contributed by atoms with van der Waals surface area (Å²) in [5, 5.41) is -0.555. The molecule has 1 aliphatic heterocycles. The Kier molecular flexibility index (Phi) is 2.98. The second-order valence-corrected chi connectivity index (χ2v) is 5.86. The Hall–Kier alpha value is -1.35. The summed E-state index contributed by atoms with van der Waals surface area (Å²) in [5.74, 6) is -0.0710. The standard InChI is InChI=1S/C14H16ClNO2/c1-8(15)12(17)9-5-6-11-10(7-9)14(2,3)13(18)16(11)4/h5-8H,1-4H3. The molecule has 0 bridgehead atoms. The van der Waals surface area contributed by atoms with Crippen molar-refractivity contribution in [2.75, 3.05) is 11.9 Å². The normalized spacial score (nSPS) is 18.7. The third-order valence-electron chi connectivity index (χ3n) is 3.52. The third-order valence-corrected chi connectivity index (χ3v) is 3.71. The molecular formula is C14H16ClNO2. The van der Waals surface area contributed by atoms with Gasteiger partial charge in [-0.2, -0.15) is 0 Å². The zero-order valence-electron chi connectivity index (χ0n) is 11.0. The van der Waals surface area contributed by atoms with Crippen LogP contribution >= 0.6 is 11.6 Å². The summed E-state index contributed by atoms with van der Waals surface area (Å²) in [6.45, 7) is 5.39. The average molecular weight is 266 g/mol. The molecule has 1 aliphatic rings. The summed E-state index contributed by atoms with van der Waals surface area (Å²) in [7, 11) is 1.75. The number of benzene rings is 1. The number of carbonyl (C=O) groups is 2. The number of amides is 1. The molecule has 0 spiro atoms. The van der Waals surface area contributed by atoms with Crippen LogP contribution in [-0.2, 0) is 10.2 Å². The number of Topliss-reactive ketones (excluding diaryl/α,β-unsaturated/α-hetero) is 1. The number of anilines is 1. The SMILES string of the molecule is CC(Cl)C(=O)c1ccc2c(c1)C(C)(C)C(=O)N2C. The topological polar surface area (TPSA) is 37.4 Å². The maximum atomic E-state index is 12.1. The summed E-state index contributed by atoms with van der Waals surface area (Å²) >= 11 is 5.82. The highest BCUT2D eigenvalue weighted by Gasteiger charge is 2.42. The zero-order valence-corrected chi connectivity index (χ0v) is 11.7. The molecule has 4 heteroatoms. The summed E-state index contributed by atoms with van der Waals surface area (Å²) in [5.41, 5.74) is 1.73. The molecule has 0 N–H and O–H groups in total. The van der Waals surface area contributed by atoms with Gasteiger partial charge >= 0.3 is 0 Å². The fourth-order valence-corrected chi connectivity index (χ4v) is 2.48. The molecule has 1 aromatic rings. The Morgan fingerprint density at radius 3 is 2.56 bits per heavy atom. The highest BCUT2D eigenvalue weighted by Crippen LogP contribution is 2.41. The van der Waals surface area contributed by atoms with Crippen LogP contribution in [0.3, 0.4) is 0 Å². The number of hydrogen-bond acceptors (Lipinski definition) is 2. The van der Waals surface area contributed by atoms with Crippen molar-refractivity contribution in [1.29, 1.82) is 0 Å². The Bertz CT molecular complexity index is 535. The Morgan fingerprint density at radius 2 is 2.00 bits per heavy atom. The van der Waals surface area contributed by atoms with Gasteiger partial charge in [-0.15, -0.1) is 11.6 Å². The first kappa shape index (κ1) is 13.1. The molecule has 18 heavy (non-hydrogen) atoms. The number of hydrogen-bond donors (Lipinski definition) is 0. The highest BCUT2D eigenvalue weighted by atomic mass is 35.5. The monoisotopic (exact) mass is 265 g/mol. The van der Waals surface area contributed by atoms with Crippen LogP contribution in [0.25, 0.3) is 0 Å². The molecule has 0 saturated heterocycles. The molecule has 0 radical (unpaired) electrons. The van der Waals surface area contributed by atoms with Gasteiger partial charge in [-0.25, -0.2) is 0 Å². The number of halogens is 1. The van der Waals surface area contributed by atoms with Crippen LogP contribution in [0.2, 0.25) is 0 Å². The van der Waals surface area contributed by atoms with Crippen LogP contribution in [0.4, 0.5) is 5.69 Å². The lowest BCUT2D eigenvalue weighted by Crippen LogP contribution is -2.33. The van der Waals surface area contributed by atoms with Gasteiger partial charge in [-0.05, 0) is 44.5 Å². The van der Waals surface area contributed by atoms with E-state index in [1.807, 2.05) is 19.9 Å². The lowest BCUT2D eigenvalue weighted by molar-refractivity contribution is -0.121. The van der Waals surface area contributed by atoms with E-state index in [-0.39, 0.29) is 11.7 Å². The summed E-state index contributed by atoms with van der Waals surface area (Å²) in [4.78, 5) is 25.6. The van der Waals surface area contributed by atoms with Gasteiger partial charge in [0.1, 0.15) is 0 Å². The van der Waals surface area contributed by atoms with Gasteiger partial charge in [0, 0.05) is 18.3 Å². The molecule has 2 rings (SSSR count). The number of ketones is 1. The largest absolute Gasteiger partial charge is 0.314 e. The fourth-order valence-electron chi connectivity index (χ4n) is 2.36. The van der Waals surface area contributed by atoms with Crippen LogP contribution in [-0.4, -0.2) is 24.1 Å². The van der Waals surface area contributed by atoms with E-state index in [9.17, 15) is 9.59 Å². The van der Waals surface area contributed by atoms with Crippen molar-refractivity contribution in [3.05, 3.63) is 29.3 Å². The predicted octanol–water partition coefficient (Wildman–Crippen LogP) is 2.75. The average Bonchev–Trinajstić information content (AvgIpc) is 2.50. The number of fused-ring (bicyclic) bond motifs is 1. The lowest BCUT2D eigenvalue weighted by atomic mass is 9.85. The van der Waals surface area contributed by atoms with E-state index in [1.54, 1.807) is 31.0 Å². The quantitative estimate of drug-likeness (QED) is 0.609. The third kappa shape index (κ3) is 1.74. The molecule has 3 nitrogen and oxygen atoms in total. The Morgan fingerprint density at radius 1 is 1.39 bits per heavy atom. The van der Waals surface area contributed by atoms with Crippen molar-refractivity contribution in [2.45, 2.75) is 31.6 Å². The lowest BCUT2D eigenvalue weighted by Gasteiger charge is -2.16. The first-order chi connectivity index (χ1) is 8.26. The fraction of sp³-hybridized carbons (Fsp3) is 0.429. The zero-order chi connectivity index (χ0) is 13.7. The summed E-state index contributed by atoms with van der Waals surface area (Å²) in [6.07, 6.45) is 0. The first-order valence-electron chi connectivity index (χ1n) is 5.87. The van der Waals surface area contributed by atoms with E-state index in [0.717, 1.165) is 11.3 Å². The minimum absolute atomic E-state index is 0.0426.